The number of hydrogen-bond acceptors (Lipinski definition) is 7. The number of nitrogens with one attached hydrogen (secondary N) is 1. The Hall–Kier alpha value is -3.69. The molecule has 0 saturated heterocycles. The van der Waals surface area contributed by atoms with Crippen LogP contribution in [-0.4, -0.2) is 52.6 Å². The summed E-state index contributed by atoms with van der Waals surface area (Å²) in [4.78, 5) is 35.8. The molecule has 9 heteroatoms. The van der Waals surface area contributed by atoms with Crippen LogP contribution in [0.25, 0.3) is 0 Å². The zero-order valence-corrected chi connectivity index (χ0v) is 25.5. The van der Waals surface area contributed by atoms with E-state index in [1.54, 1.807) is 24.4 Å². The lowest BCUT2D eigenvalue weighted by Gasteiger charge is -2.24. The van der Waals surface area contributed by atoms with E-state index in [1.165, 1.54) is 18.2 Å². The van der Waals surface area contributed by atoms with Crippen LogP contribution in [0.1, 0.15) is 73.1 Å². The number of carbonyl (C=O) groups is 3. The van der Waals surface area contributed by atoms with E-state index in [4.69, 9.17) is 15.2 Å². The van der Waals surface area contributed by atoms with Crippen molar-refractivity contribution >= 4 is 18.0 Å². The predicted octanol–water partition coefficient (Wildman–Crippen LogP) is 5.23. The minimum absolute atomic E-state index is 0.108. The van der Waals surface area contributed by atoms with E-state index in [1.807, 2.05) is 58.9 Å². The average molecular weight is 585 g/mol. The molecule has 0 fully saturated rings. The second-order valence-corrected chi connectivity index (χ2v) is 10.7. The fourth-order valence-corrected chi connectivity index (χ4v) is 4.20. The van der Waals surface area contributed by atoms with E-state index in [2.05, 4.69) is 5.32 Å². The maximum absolute atomic E-state index is 12.6. The van der Waals surface area contributed by atoms with Crippen LogP contribution in [0.2, 0.25) is 0 Å². The van der Waals surface area contributed by atoms with Gasteiger partial charge in [0.25, 0.3) is 0 Å². The number of primary amides is 1. The first kappa shape index (κ1) is 36.3. The molecular formula is C33H48N2O7. The number of rotatable bonds is 6. The molecule has 5 atom stereocenters. The van der Waals surface area contributed by atoms with Gasteiger partial charge in [-0.2, -0.15) is 0 Å². The number of carbonyl (C=O) groups excluding carboxylic acids is 3. The third kappa shape index (κ3) is 16.5. The van der Waals surface area contributed by atoms with E-state index in [-0.39, 0.29) is 11.8 Å². The summed E-state index contributed by atoms with van der Waals surface area (Å²) in [6.07, 6.45) is 17.2. The van der Waals surface area contributed by atoms with Crippen molar-refractivity contribution in [1.29, 1.82) is 0 Å². The molecule has 1 heterocycles. The lowest BCUT2D eigenvalue weighted by molar-refractivity contribution is -0.144. The quantitative estimate of drug-likeness (QED) is 0.145. The van der Waals surface area contributed by atoms with E-state index in [9.17, 15) is 24.6 Å². The largest absolute Gasteiger partial charge is 0.458 e. The highest BCUT2D eigenvalue weighted by Crippen LogP contribution is 2.21. The second-order valence-electron chi connectivity index (χ2n) is 10.7. The second kappa shape index (κ2) is 20.2. The normalized spacial score (nSPS) is 27.8. The van der Waals surface area contributed by atoms with Gasteiger partial charge in [-0.25, -0.2) is 9.59 Å². The summed E-state index contributed by atoms with van der Waals surface area (Å²) in [5.74, 6) is -0.755. The van der Waals surface area contributed by atoms with Crippen molar-refractivity contribution in [2.75, 3.05) is 0 Å². The van der Waals surface area contributed by atoms with Gasteiger partial charge in [0.2, 0.25) is 5.91 Å². The van der Waals surface area contributed by atoms with Gasteiger partial charge in [0.05, 0.1) is 0 Å². The molecular weight excluding hydrogens is 536 g/mol. The fourth-order valence-electron chi connectivity index (χ4n) is 4.20. The Labute approximate surface area is 250 Å². The number of ether oxygens (including phenoxy) is 2. The van der Waals surface area contributed by atoms with Crippen molar-refractivity contribution in [3.05, 3.63) is 83.7 Å². The maximum atomic E-state index is 12.6. The molecule has 0 aromatic heterocycles. The van der Waals surface area contributed by atoms with Gasteiger partial charge >= 0.3 is 12.1 Å². The van der Waals surface area contributed by atoms with Gasteiger partial charge in [0, 0.05) is 30.7 Å². The number of aliphatic hydroxyl groups excluding tert-OH is 2. The molecule has 0 saturated carbocycles. The highest BCUT2D eigenvalue weighted by Gasteiger charge is 2.27. The van der Waals surface area contributed by atoms with Gasteiger partial charge in [0.1, 0.15) is 24.4 Å². The molecule has 2 amide bonds. The van der Waals surface area contributed by atoms with Crippen molar-refractivity contribution in [3.63, 3.8) is 0 Å². The fraction of sp³-hybridized carbons (Fsp3) is 0.485. The molecule has 0 spiro atoms. The van der Waals surface area contributed by atoms with Crippen molar-refractivity contribution in [2.45, 2.75) is 97.6 Å². The van der Waals surface area contributed by atoms with Crippen LogP contribution < -0.4 is 11.1 Å². The van der Waals surface area contributed by atoms with Gasteiger partial charge in [-0.1, -0.05) is 66.2 Å². The number of cyclic esters (lactones) is 1. The third-order valence-electron chi connectivity index (χ3n) is 6.36. The van der Waals surface area contributed by atoms with Crippen LogP contribution >= 0.6 is 0 Å². The van der Waals surface area contributed by atoms with Crippen molar-refractivity contribution < 1.29 is 34.1 Å². The van der Waals surface area contributed by atoms with Gasteiger partial charge in [0.15, 0.2) is 0 Å². The van der Waals surface area contributed by atoms with E-state index < -0.39 is 36.5 Å². The van der Waals surface area contributed by atoms with Crippen LogP contribution in [0.15, 0.2) is 83.7 Å². The van der Waals surface area contributed by atoms with E-state index in [0.717, 1.165) is 16.7 Å². The summed E-state index contributed by atoms with van der Waals surface area (Å²) in [6.45, 7) is 9.58. The van der Waals surface area contributed by atoms with E-state index in [0.29, 0.717) is 38.5 Å². The van der Waals surface area contributed by atoms with Crippen molar-refractivity contribution in [3.8, 4) is 0 Å². The minimum atomic E-state index is -1.32. The monoisotopic (exact) mass is 584 g/mol. The summed E-state index contributed by atoms with van der Waals surface area (Å²) in [5.41, 5.74) is 8.00. The molecule has 9 nitrogen and oxygen atoms in total. The van der Waals surface area contributed by atoms with Crippen LogP contribution in [0.5, 0.6) is 0 Å². The predicted molar refractivity (Wildman–Crippen MR) is 165 cm³/mol. The first-order valence-electron chi connectivity index (χ1n) is 14.4. The standard InChI is InChI=1S/C33H48N2O7/c1-23(2)20-30(37)35-19-18-25(4)21-26(5)29-22-24(3)14-10-6-8-12-16-28(42-33(34)40)32(39)27(36)15-11-7-9-13-17-31(38)41-29/h6,10-11,13-15,17-21,26-29,32,36,39H,7-9,12,16,22H2,1-5H3,(H2,34,40)(H,35,37)/b10-6+,15-11+,17-13+,19-18+,24-14-,25-21+/t26-,27+,28+,29-,32-/m1/s1. The molecule has 0 radical (unpaired) electrons. The number of esters is 1. The Kier molecular flexibility index (Phi) is 17.5. The molecule has 1 aliphatic rings. The molecule has 0 bridgehead atoms. The Morgan fingerprint density at radius 1 is 1.14 bits per heavy atom. The zero-order valence-electron chi connectivity index (χ0n) is 25.5. The highest BCUT2D eigenvalue weighted by molar-refractivity contribution is 5.88. The number of aliphatic hydroxyl groups is 2. The van der Waals surface area contributed by atoms with Gasteiger partial charge in [-0.05, 0) is 65.9 Å². The summed E-state index contributed by atoms with van der Waals surface area (Å²) in [7, 11) is 0. The molecule has 232 valence electrons. The number of nitrogens with two attached hydrogens (primary N) is 1. The SMILES string of the molecule is CC(C)=CC(=O)N/C=C/C(C)=C/[C@@H](C)[C@H]1C/C(C)=C\C=C\CCC[C@H](OC(N)=O)[C@H](O)[C@@H](O)/C=C/CC/C=C/C(=O)O1. The van der Waals surface area contributed by atoms with Gasteiger partial charge < -0.3 is 30.7 Å². The van der Waals surface area contributed by atoms with Crippen LogP contribution in [-0.2, 0) is 19.1 Å². The smallest absolute Gasteiger partial charge is 0.404 e. The van der Waals surface area contributed by atoms with Gasteiger partial charge in [-0.15, -0.1) is 0 Å². The molecule has 42 heavy (non-hydrogen) atoms. The molecule has 0 aromatic rings. The number of hydrogen-bond donors (Lipinski definition) is 4. The number of amides is 2. The van der Waals surface area contributed by atoms with Crippen LogP contribution in [0, 0.1) is 5.92 Å². The Morgan fingerprint density at radius 3 is 2.55 bits per heavy atom. The summed E-state index contributed by atoms with van der Waals surface area (Å²) < 4.78 is 10.9. The number of allylic oxidation sites excluding steroid dienone is 8. The summed E-state index contributed by atoms with van der Waals surface area (Å²) in [6, 6.07) is 0. The minimum Gasteiger partial charge on any atom is -0.458 e. The van der Waals surface area contributed by atoms with Gasteiger partial charge in [-0.3, -0.25) is 4.79 Å². The maximum Gasteiger partial charge on any atom is 0.404 e. The third-order valence-corrected chi connectivity index (χ3v) is 6.36. The Bertz CT molecular complexity index is 1090. The Morgan fingerprint density at radius 2 is 1.86 bits per heavy atom. The summed E-state index contributed by atoms with van der Waals surface area (Å²) >= 11 is 0. The zero-order chi connectivity index (χ0) is 31.5. The van der Waals surface area contributed by atoms with Crippen LogP contribution in [0.3, 0.4) is 0 Å². The topological polar surface area (TPSA) is 148 Å². The van der Waals surface area contributed by atoms with E-state index >= 15 is 0 Å². The molecule has 1 rings (SSSR count). The first-order chi connectivity index (χ1) is 19.9. The molecule has 5 N–H and O–H groups in total. The molecule has 0 unspecified atom stereocenters. The molecule has 0 aliphatic carbocycles. The lowest BCUT2D eigenvalue weighted by atomic mass is 9.95. The van der Waals surface area contributed by atoms with Crippen LogP contribution in [0.4, 0.5) is 4.79 Å². The highest BCUT2D eigenvalue weighted by atomic mass is 16.6. The molecule has 1 aliphatic heterocycles. The Balaban J connectivity index is 3.06. The average Bonchev–Trinajstić information content (AvgIpc) is 2.89. The van der Waals surface area contributed by atoms with Crippen molar-refractivity contribution in [1.82, 2.24) is 5.32 Å². The first-order valence-corrected chi connectivity index (χ1v) is 14.4. The molecule has 0 aromatic carbocycles. The lowest BCUT2D eigenvalue weighted by Crippen LogP contribution is -2.40. The van der Waals surface area contributed by atoms with Crippen molar-refractivity contribution in [2.24, 2.45) is 11.7 Å². The summed E-state index contributed by atoms with van der Waals surface area (Å²) in [5, 5.41) is 23.5.